The number of aromatic nitrogens is 2. The highest BCUT2D eigenvalue weighted by molar-refractivity contribution is 6.10. The predicted molar refractivity (Wildman–Crippen MR) is 73.7 cm³/mol. The molecule has 1 heterocycles. The number of aryl methyl sites for hydroxylation is 1. The van der Waals surface area contributed by atoms with Crippen LogP contribution >= 0.6 is 0 Å². The predicted octanol–water partition coefficient (Wildman–Crippen LogP) is 1.13. The first-order valence-electron chi connectivity index (χ1n) is 5.77. The van der Waals surface area contributed by atoms with Crippen LogP contribution in [-0.4, -0.2) is 26.9 Å². The van der Waals surface area contributed by atoms with Crippen LogP contribution in [0.1, 0.15) is 21.5 Å². The number of carbonyl (C=O) groups is 1. The number of carbonyl (C=O) groups excluding carboxylic acids is 1. The van der Waals surface area contributed by atoms with Gasteiger partial charge in [0.05, 0.1) is 11.3 Å². The van der Waals surface area contributed by atoms with E-state index in [9.17, 15) is 4.79 Å². The van der Waals surface area contributed by atoms with Gasteiger partial charge in [0.15, 0.2) is 5.84 Å². The summed E-state index contributed by atoms with van der Waals surface area (Å²) in [7, 11) is 0. The Morgan fingerprint density at radius 1 is 1.35 bits per heavy atom. The molecule has 0 fully saturated rings. The molecule has 7 heteroatoms. The lowest BCUT2D eigenvalue weighted by molar-refractivity contribution is 0.102. The Balaban J connectivity index is 2.35. The van der Waals surface area contributed by atoms with Crippen LogP contribution in [-0.2, 0) is 0 Å². The number of hydrogen-bond donors (Lipinski definition) is 3. The van der Waals surface area contributed by atoms with Crippen LogP contribution in [0.5, 0.6) is 0 Å². The topological polar surface area (TPSA) is 113 Å². The van der Waals surface area contributed by atoms with Crippen LogP contribution in [0.15, 0.2) is 42.1 Å². The Hall–Kier alpha value is -2.96. The lowest BCUT2D eigenvalue weighted by Crippen LogP contribution is -2.20. The fraction of sp³-hybridized carbons (Fsp3) is 0.0769. The first-order valence-corrected chi connectivity index (χ1v) is 5.77. The van der Waals surface area contributed by atoms with E-state index in [1.807, 2.05) is 0 Å². The van der Waals surface area contributed by atoms with E-state index in [1.54, 1.807) is 25.1 Å². The largest absolute Gasteiger partial charge is 0.409 e. The van der Waals surface area contributed by atoms with Crippen molar-refractivity contribution in [2.75, 3.05) is 5.32 Å². The molecule has 7 nitrogen and oxygen atoms in total. The summed E-state index contributed by atoms with van der Waals surface area (Å²) in [5.74, 6) is -0.439. The van der Waals surface area contributed by atoms with Gasteiger partial charge in [-0.15, -0.1) is 0 Å². The summed E-state index contributed by atoms with van der Waals surface area (Å²) in [5, 5.41) is 14.5. The van der Waals surface area contributed by atoms with Gasteiger partial charge in [-0.25, -0.2) is 9.97 Å². The second kappa shape index (κ2) is 5.79. The molecule has 0 spiro atoms. The summed E-state index contributed by atoms with van der Waals surface area (Å²) in [6, 6.07) is 5.23. The molecule has 0 aliphatic rings. The molecule has 0 bridgehead atoms. The fourth-order valence-corrected chi connectivity index (χ4v) is 1.77. The molecule has 2 aromatic rings. The van der Waals surface area contributed by atoms with Crippen molar-refractivity contribution in [1.29, 1.82) is 0 Å². The molecule has 0 radical (unpaired) electrons. The Labute approximate surface area is 115 Å². The van der Waals surface area contributed by atoms with Gasteiger partial charge in [0.2, 0.25) is 0 Å². The number of hydrogen-bond acceptors (Lipinski definition) is 5. The molecule has 0 atom stereocenters. The number of rotatable bonds is 3. The van der Waals surface area contributed by atoms with E-state index in [-0.39, 0.29) is 11.7 Å². The molecule has 0 saturated heterocycles. The van der Waals surface area contributed by atoms with Crippen molar-refractivity contribution in [1.82, 2.24) is 9.97 Å². The van der Waals surface area contributed by atoms with Crippen molar-refractivity contribution in [3.05, 3.63) is 53.6 Å². The molecular weight excluding hydrogens is 258 g/mol. The summed E-state index contributed by atoms with van der Waals surface area (Å²) < 4.78 is 0. The number of nitrogens with one attached hydrogen (secondary N) is 1. The van der Waals surface area contributed by atoms with Crippen LogP contribution in [0.3, 0.4) is 0 Å². The highest BCUT2D eigenvalue weighted by Crippen LogP contribution is 2.20. The smallest absolute Gasteiger partial charge is 0.258 e. The fourth-order valence-electron chi connectivity index (χ4n) is 1.77. The molecule has 1 aromatic carbocycles. The number of nitrogens with two attached hydrogens (primary N) is 1. The summed E-state index contributed by atoms with van der Waals surface area (Å²) in [5.41, 5.74) is 7.66. The molecule has 0 unspecified atom stereocenters. The van der Waals surface area contributed by atoms with Crippen molar-refractivity contribution < 1.29 is 10.0 Å². The lowest BCUT2D eigenvalue weighted by Gasteiger charge is -2.12. The molecule has 1 aromatic heterocycles. The molecule has 102 valence electrons. The number of anilines is 1. The van der Waals surface area contributed by atoms with Crippen molar-refractivity contribution in [3.8, 4) is 0 Å². The Morgan fingerprint density at radius 2 is 2.05 bits per heavy atom. The highest BCUT2D eigenvalue weighted by atomic mass is 16.4. The van der Waals surface area contributed by atoms with Gasteiger partial charge in [-0.3, -0.25) is 4.79 Å². The summed E-state index contributed by atoms with van der Waals surface area (Å²) in [6.07, 6.45) is 4.15. The van der Waals surface area contributed by atoms with Crippen molar-refractivity contribution in [2.24, 2.45) is 10.9 Å². The van der Waals surface area contributed by atoms with Gasteiger partial charge in [0.25, 0.3) is 5.91 Å². The first-order chi connectivity index (χ1) is 9.63. The van der Waals surface area contributed by atoms with Crippen LogP contribution in [0.25, 0.3) is 0 Å². The Bertz CT molecular complexity index is 655. The maximum Gasteiger partial charge on any atom is 0.258 e. The number of amides is 1. The average molecular weight is 271 g/mol. The van der Waals surface area contributed by atoms with Crippen LogP contribution in [0.2, 0.25) is 0 Å². The third-order valence-corrected chi connectivity index (χ3v) is 2.71. The first kappa shape index (κ1) is 13.5. The third-order valence-electron chi connectivity index (χ3n) is 2.71. The van der Waals surface area contributed by atoms with Gasteiger partial charge in [-0.1, -0.05) is 17.3 Å². The molecule has 0 saturated carbocycles. The second-order valence-corrected chi connectivity index (χ2v) is 4.06. The van der Waals surface area contributed by atoms with E-state index in [0.717, 1.165) is 5.56 Å². The highest BCUT2D eigenvalue weighted by Gasteiger charge is 2.13. The minimum absolute atomic E-state index is 0.0669. The molecular formula is C13H13N5O2. The number of oxime groups is 1. The van der Waals surface area contributed by atoms with Crippen molar-refractivity contribution in [2.45, 2.75) is 6.92 Å². The normalized spacial score (nSPS) is 11.2. The zero-order valence-electron chi connectivity index (χ0n) is 10.7. The molecule has 4 N–H and O–H groups in total. The third kappa shape index (κ3) is 2.72. The monoisotopic (exact) mass is 271 g/mol. The number of amidine groups is 1. The number of benzene rings is 1. The maximum atomic E-state index is 12.1. The zero-order chi connectivity index (χ0) is 14.5. The molecule has 1 amide bonds. The van der Waals surface area contributed by atoms with Crippen molar-refractivity contribution in [3.63, 3.8) is 0 Å². The quantitative estimate of drug-likeness (QED) is 0.335. The van der Waals surface area contributed by atoms with Crippen LogP contribution in [0, 0.1) is 6.92 Å². The lowest BCUT2D eigenvalue weighted by atomic mass is 10.1. The second-order valence-electron chi connectivity index (χ2n) is 4.06. The van der Waals surface area contributed by atoms with Gasteiger partial charge < -0.3 is 16.3 Å². The van der Waals surface area contributed by atoms with Crippen LogP contribution < -0.4 is 11.1 Å². The summed E-state index contributed by atoms with van der Waals surface area (Å²) >= 11 is 0. The van der Waals surface area contributed by atoms with E-state index in [2.05, 4.69) is 20.4 Å². The Morgan fingerprint density at radius 3 is 2.70 bits per heavy atom. The van der Waals surface area contributed by atoms with E-state index in [4.69, 9.17) is 10.9 Å². The number of nitrogens with zero attached hydrogens (tertiary/aromatic N) is 3. The SMILES string of the molecule is Cc1cccc(NC(=O)c2cncnc2)c1/C(N)=N/O. The van der Waals surface area contributed by atoms with Gasteiger partial charge in [-0.05, 0) is 18.6 Å². The molecule has 0 aliphatic carbocycles. The van der Waals surface area contributed by atoms with Crippen LogP contribution in [0.4, 0.5) is 5.69 Å². The van der Waals surface area contributed by atoms with Gasteiger partial charge in [0.1, 0.15) is 6.33 Å². The standard InChI is InChI=1S/C13H13N5O2/c1-8-3-2-4-10(11(8)12(14)18-20)17-13(19)9-5-15-7-16-6-9/h2-7,20H,1H3,(H2,14,18)(H,17,19). The summed E-state index contributed by atoms with van der Waals surface area (Å²) in [6.45, 7) is 1.80. The maximum absolute atomic E-state index is 12.1. The van der Waals surface area contributed by atoms with E-state index in [0.29, 0.717) is 16.8 Å². The average Bonchev–Trinajstić information content (AvgIpc) is 2.47. The van der Waals surface area contributed by atoms with Gasteiger partial charge in [-0.2, -0.15) is 0 Å². The summed E-state index contributed by atoms with van der Waals surface area (Å²) in [4.78, 5) is 19.6. The van der Waals surface area contributed by atoms with E-state index >= 15 is 0 Å². The van der Waals surface area contributed by atoms with Crippen molar-refractivity contribution >= 4 is 17.4 Å². The molecule has 2 rings (SSSR count). The minimum atomic E-state index is -0.372. The molecule has 20 heavy (non-hydrogen) atoms. The molecule has 0 aliphatic heterocycles. The minimum Gasteiger partial charge on any atom is -0.409 e. The Kier molecular flexibility index (Phi) is 3.90. The van der Waals surface area contributed by atoms with E-state index in [1.165, 1.54) is 18.7 Å². The zero-order valence-corrected chi connectivity index (χ0v) is 10.7. The van der Waals surface area contributed by atoms with Gasteiger partial charge in [0, 0.05) is 18.0 Å². The van der Waals surface area contributed by atoms with E-state index < -0.39 is 0 Å². The van der Waals surface area contributed by atoms with Gasteiger partial charge >= 0.3 is 0 Å².